The van der Waals surface area contributed by atoms with Crippen LogP contribution in [0.15, 0.2) is 18.6 Å². The van der Waals surface area contributed by atoms with Gasteiger partial charge < -0.3 is 9.84 Å². The highest BCUT2D eigenvalue weighted by molar-refractivity contribution is 5.88. The van der Waals surface area contributed by atoms with Crippen LogP contribution in [-0.2, 0) is 0 Å². The van der Waals surface area contributed by atoms with Crippen molar-refractivity contribution in [3.05, 3.63) is 30.1 Å². The Morgan fingerprint density at radius 3 is 2.52 bits per heavy atom. The van der Waals surface area contributed by atoms with Gasteiger partial charge in [0, 0.05) is 12.0 Å². The number of hydrogen-bond acceptors (Lipinski definition) is 5. The van der Waals surface area contributed by atoms with Gasteiger partial charge in [0.15, 0.2) is 17.2 Å². The van der Waals surface area contributed by atoms with Crippen LogP contribution in [0, 0.1) is 0 Å². The minimum absolute atomic E-state index is 0.0424. The highest BCUT2D eigenvalue weighted by Crippen LogP contribution is 2.25. The molecular formula is C14H18N4O3. The number of hydrogen-bond donors (Lipinski definition) is 1. The Balaban J connectivity index is 2.32. The van der Waals surface area contributed by atoms with E-state index in [1.54, 1.807) is 10.9 Å². The first-order valence-corrected chi connectivity index (χ1v) is 6.70. The lowest BCUT2D eigenvalue weighted by atomic mass is 10.2. The van der Waals surface area contributed by atoms with Crippen LogP contribution < -0.4 is 4.74 Å². The Hall–Kier alpha value is -2.44. The molecule has 0 aliphatic heterocycles. The van der Waals surface area contributed by atoms with Crippen molar-refractivity contribution in [2.24, 2.45) is 0 Å². The maximum Gasteiger partial charge on any atom is 0.358 e. The number of ether oxygens (including phenoxy) is 1. The maximum atomic E-state index is 11.3. The van der Waals surface area contributed by atoms with Crippen LogP contribution in [0.25, 0.3) is 0 Å². The SMILES string of the molecule is CC(C)c1ncc(Oc2cnn(C(C)C)c2)c(C(=O)O)n1. The molecule has 0 aliphatic carbocycles. The summed E-state index contributed by atoms with van der Waals surface area (Å²) in [5, 5.41) is 13.4. The summed E-state index contributed by atoms with van der Waals surface area (Å²) in [4.78, 5) is 19.5. The van der Waals surface area contributed by atoms with E-state index in [9.17, 15) is 9.90 Å². The zero-order valence-electron chi connectivity index (χ0n) is 12.4. The molecule has 2 rings (SSSR count). The van der Waals surface area contributed by atoms with Crippen LogP contribution in [0.1, 0.15) is 56.0 Å². The van der Waals surface area contributed by atoms with Crippen LogP contribution in [0.3, 0.4) is 0 Å². The molecule has 0 aromatic carbocycles. The molecule has 112 valence electrons. The molecule has 0 radical (unpaired) electrons. The molecule has 2 heterocycles. The fourth-order valence-corrected chi connectivity index (χ4v) is 1.67. The third-order valence-electron chi connectivity index (χ3n) is 2.83. The summed E-state index contributed by atoms with van der Waals surface area (Å²) in [5.41, 5.74) is -0.147. The third-order valence-corrected chi connectivity index (χ3v) is 2.83. The number of aromatic nitrogens is 4. The molecule has 0 saturated heterocycles. The second-order valence-electron chi connectivity index (χ2n) is 5.25. The second-order valence-corrected chi connectivity index (χ2v) is 5.25. The molecular weight excluding hydrogens is 272 g/mol. The summed E-state index contributed by atoms with van der Waals surface area (Å²) >= 11 is 0. The largest absolute Gasteiger partial charge is 0.476 e. The van der Waals surface area contributed by atoms with Crippen molar-refractivity contribution in [2.45, 2.75) is 39.7 Å². The minimum atomic E-state index is -1.15. The molecule has 1 N–H and O–H groups in total. The molecule has 21 heavy (non-hydrogen) atoms. The molecule has 0 fully saturated rings. The Labute approximate surface area is 122 Å². The Kier molecular flexibility index (Phi) is 4.21. The van der Waals surface area contributed by atoms with Gasteiger partial charge in [-0.25, -0.2) is 14.8 Å². The molecule has 0 aliphatic rings. The summed E-state index contributed by atoms with van der Waals surface area (Å²) in [6, 6.07) is 0.195. The van der Waals surface area contributed by atoms with E-state index in [0.29, 0.717) is 11.6 Å². The molecule has 7 heteroatoms. The summed E-state index contributed by atoms with van der Waals surface area (Å²) in [6.45, 7) is 7.77. The predicted molar refractivity (Wildman–Crippen MR) is 75.8 cm³/mol. The average molecular weight is 290 g/mol. The molecule has 0 spiro atoms. The average Bonchev–Trinajstić information content (AvgIpc) is 2.87. The van der Waals surface area contributed by atoms with E-state index in [-0.39, 0.29) is 23.4 Å². The summed E-state index contributed by atoms with van der Waals surface area (Å²) in [5.74, 6) is -0.0775. The van der Waals surface area contributed by atoms with Crippen molar-refractivity contribution in [3.8, 4) is 11.5 Å². The Morgan fingerprint density at radius 1 is 1.29 bits per heavy atom. The van der Waals surface area contributed by atoms with Gasteiger partial charge in [0.25, 0.3) is 0 Å². The molecule has 0 amide bonds. The van der Waals surface area contributed by atoms with Crippen molar-refractivity contribution < 1.29 is 14.6 Å². The van der Waals surface area contributed by atoms with Crippen molar-refractivity contribution >= 4 is 5.97 Å². The number of aromatic carboxylic acids is 1. The van der Waals surface area contributed by atoms with Gasteiger partial charge in [0.1, 0.15) is 5.82 Å². The van der Waals surface area contributed by atoms with E-state index in [1.807, 2.05) is 27.7 Å². The monoisotopic (exact) mass is 290 g/mol. The topological polar surface area (TPSA) is 90.1 Å². The molecule has 7 nitrogen and oxygen atoms in total. The Bertz CT molecular complexity index is 649. The first-order chi connectivity index (χ1) is 9.88. The zero-order chi connectivity index (χ0) is 15.6. The first kappa shape index (κ1) is 15.0. The van der Waals surface area contributed by atoms with Gasteiger partial charge in [-0.05, 0) is 13.8 Å². The molecule has 2 aromatic heterocycles. The van der Waals surface area contributed by atoms with Gasteiger partial charge in [-0.2, -0.15) is 5.10 Å². The third kappa shape index (κ3) is 3.36. The molecule has 0 atom stereocenters. The lowest BCUT2D eigenvalue weighted by molar-refractivity contribution is 0.0686. The van der Waals surface area contributed by atoms with Gasteiger partial charge >= 0.3 is 5.97 Å². The van der Waals surface area contributed by atoms with Crippen LogP contribution >= 0.6 is 0 Å². The first-order valence-electron chi connectivity index (χ1n) is 6.70. The van der Waals surface area contributed by atoms with Crippen molar-refractivity contribution in [2.75, 3.05) is 0 Å². The van der Waals surface area contributed by atoms with Crippen LogP contribution in [-0.4, -0.2) is 30.8 Å². The molecule has 0 saturated carbocycles. The van der Waals surface area contributed by atoms with E-state index >= 15 is 0 Å². The van der Waals surface area contributed by atoms with Crippen LogP contribution in [0.5, 0.6) is 11.5 Å². The normalized spacial score (nSPS) is 11.1. The lowest BCUT2D eigenvalue weighted by Crippen LogP contribution is -2.08. The second kappa shape index (κ2) is 5.90. The number of nitrogens with zero attached hydrogens (tertiary/aromatic N) is 4. The number of carbonyl (C=O) groups is 1. The summed E-state index contributed by atoms with van der Waals surface area (Å²) in [6.07, 6.45) is 4.62. The predicted octanol–water partition coefficient (Wildman–Crippen LogP) is 2.87. The van der Waals surface area contributed by atoms with Gasteiger partial charge in [-0.15, -0.1) is 0 Å². The van der Waals surface area contributed by atoms with Gasteiger partial charge in [-0.3, -0.25) is 4.68 Å². The zero-order valence-corrected chi connectivity index (χ0v) is 12.4. The fraction of sp³-hybridized carbons (Fsp3) is 0.429. The molecule has 2 aromatic rings. The van der Waals surface area contributed by atoms with Gasteiger partial charge in [-0.1, -0.05) is 13.8 Å². The standard InChI is InChI=1S/C14H18N4O3/c1-8(2)13-15-6-11(12(17-13)14(19)20)21-10-5-16-18(7-10)9(3)4/h5-9H,1-4H3,(H,19,20). The van der Waals surface area contributed by atoms with E-state index in [0.717, 1.165) is 0 Å². The van der Waals surface area contributed by atoms with E-state index in [2.05, 4.69) is 15.1 Å². The van der Waals surface area contributed by atoms with Crippen LogP contribution in [0.2, 0.25) is 0 Å². The summed E-state index contributed by atoms with van der Waals surface area (Å²) < 4.78 is 7.27. The van der Waals surface area contributed by atoms with Crippen molar-refractivity contribution in [1.82, 2.24) is 19.7 Å². The van der Waals surface area contributed by atoms with Gasteiger partial charge in [0.2, 0.25) is 0 Å². The van der Waals surface area contributed by atoms with Crippen LogP contribution in [0.4, 0.5) is 0 Å². The smallest absolute Gasteiger partial charge is 0.358 e. The van der Waals surface area contributed by atoms with Gasteiger partial charge in [0.05, 0.1) is 18.6 Å². The highest BCUT2D eigenvalue weighted by atomic mass is 16.5. The van der Waals surface area contributed by atoms with Crippen molar-refractivity contribution in [1.29, 1.82) is 0 Å². The number of carboxylic acids is 1. The van der Waals surface area contributed by atoms with E-state index in [4.69, 9.17) is 4.74 Å². The lowest BCUT2D eigenvalue weighted by Gasteiger charge is -2.09. The van der Waals surface area contributed by atoms with E-state index < -0.39 is 5.97 Å². The minimum Gasteiger partial charge on any atom is -0.476 e. The summed E-state index contributed by atoms with van der Waals surface area (Å²) in [7, 11) is 0. The van der Waals surface area contributed by atoms with E-state index in [1.165, 1.54) is 12.4 Å². The fourth-order valence-electron chi connectivity index (χ4n) is 1.67. The maximum absolute atomic E-state index is 11.3. The molecule has 0 unspecified atom stereocenters. The number of rotatable bonds is 5. The van der Waals surface area contributed by atoms with Crippen molar-refractivity contribution in [3.63, 3.8) is 0 Å². The molecule has 0 bridgehead atoms. The number of carboxylic acid groups (broad SMARTS) is 1. The quantitative estimate of drug-likeness (QED) is 0.910. The Morgan fingerprint density at radius 2 is 2.00 bits per heavy atom. The highest BCUT2D eigenvalue weighted by Gasteiger charge is 2.18.